The van der Waals surface area contributed by atoms with E-state index in [1.807, 2.05) is 78.9 Å². The summed E-state index contributed by atoms with van der Waals surface area (Å²) >= 11 is 0. The van der Waals surface area contributed by atoms with Crippen molar-refractivity contribution in [3.63, 3.8) is 0 Å². The van der Waals surface area contributed by atoms with Crippen LogP contribution in [0.4, 0.5) is 0 Å². The van der Waals surface area contributed by atoms with E-state index >= 15 is 0 Å². The SMILES string of the molecule is CCOC(=O)C1=C(C)NC2=C(C(=O)c3ccccc3)C(c3ccccc3)CC(=O)N2C1c1ccccc1. The van der Waals surface area contributed by atoms with E-state index in [0.29, 0.717) is 28.2 Å². The number of fused-ring (bicyclic) bond motifs is 1. The van der Waals surface area contributed by atoms with Crippen molar-refractivity contribution in [3.8, 4) is 0 Å². The highest BCUT2D eigenvalue weighted by molar-refractivity contribution is 6.11. The van der Waals surface area contributed by atoms with Crippen molar-refractivity contribution in [3.05, 3.63) is 130 Å². The Labute approximate surface area is 216 Å². The normalized spacial score (nSPS) is 19.3. The molecule has 2 aliphatic heterocycles. The molecule has 0 saturated carbocycles. The molecule has 6 nitrogen and oxygen atoms in total. The van der Waals surface area contributed by atoms with Crippen LogP contribution in [0.25, 0.3) is 0 Å². The highest BCUT2D eigenvalue weighted by Crippen LogP contribution is 2.45. The van der Waals surface area contributed by atoms with Gasteiger partial charge in [-0.2, -0.15) is 0 Å². The minimum absolute atomic E-state index is 0.0988. The Balaban J connectivity index is 1.77. The van der Waals surface area contributed by atoms with Gasteiger partial charge in [0.05, 0.1) is 18.2 Å². The van der Waals surface area contributed by atoms with Gasteiger partial charge in [0, 0.05) is 29.2 Å². The number of ether oxygens (including phenoxy) is 1. The first-order valence-corrected chi connectivity index (χ1v) is 12.4. The largest absolute Gasteiger partial charge is 0.463 e. The van der Waals surface area contributed by atoms with Crippen molar-refractivity contribution in [1.82, 2.24) is 10.2 Å². The summed E-state index contributed by atoms with van der Waals surface area (Å²) in [6.07, 6.45) is 0.0988. The van der Waals surface area contributed by atoms with Crippen LogP contribution in [0.15, 0.2) is 114 Å². The maximum Gasteiger partial charge on any atom is 0.338 e. The molecular formula is C31H28N2O4. The van der Waals surface area contributed by atoms with Gasteiger partial charge < -0.3 is 10.1 Å². The van der Waals surface area contributed by atoms with Gasteiger partial charge >= 0.3 is 5.97 Å². The van der Waals surface area contributed by atoms with Gasteiger partial charge in [0.25, 0.3) is 0 Å². The minimum atomic E-state index is -0.723. The molecule has 0 bridgehead atoms. The van der Waals surface area contributed by atoms with E-state index in [1.54, 1.807) is 30.9 Å². The molecule has 2 heterocycles. The topological polar surface area (TPSA) is 75.7 Å². The highest BCUT2D eigenvalue weighted by atomic mass is 16.5. The van der Waals surface area contributed by atoms with Crippen LogP contribution in [0.5, 0.6) is 0 Å². The van der Waals surface area contributed by atoms with E-state index in [9.17, 15) is 14.4 Å². The Hall–Kier alpha value is -4.45. The second kappa shape index (κ2) is 10.3. The zero-order valence-electron chi connectivity index (χ0n) is 20.8. The van der Waals surface area contributed by atoms with Crippen LogP contribution in [0.1, 0.15) is 53.7 Å². The second-order valence-corrected chi connectivity index (χ2v) is 9.09. The maximum atomic E-state index is 14.1. The number of esters is 1. The summed E-state index contributed by atoms with van der Waals surface area (Å²) in [6, 6.07) is 27.4. The number of nitrogens with zero attached hydrogens (tertiary/aromatic N) is 1. The number of amides is 1. The summed E-state index contributed by atoms with van der Waals surface area (Å²) in [5.74, 6) is -0.848. The van der Waals surface area contributed by atoms with Crippen LogP contribution < -0.4 is 5.32 Å². The summed E-state index contributed by atoms with van der Waals surface area (Å²) < 4.78 is 5.39. The molecule has 37 heavy (non-hydrogen) atoms. The molecule has 0 fully saturated rings. The van der Waals surface area contributed by atoms with E-state index < -0.39 is 17.9 Å². The molecule has 186 valence electrons. The van der Waals surface area contributed by atoms with Crippen LogP contribution >= 0.6 is 0 Å². The third-order valence-electron chi connectivity index (χ3n) is 6.83. The molecule has 2 aliphatic rings. The predicted octanol–water partition coefficient (Wildman–Crippen LogP) is 5.28. The van der Waals surface area contributed by atoms with Gasteiger partial charge in [0.1, 0.15) is 5.82 Å². The van der Waals surface area contributed by atoms with Gasteiger partial charge in [-0.3, -0.25) is 14.5 Å². The van der Waals surface area contributed by atoms with Crippen LogP contribution in [0.2, 0.25) is 0 Å². The Morgan fingerprint density at radius 1 is 0.865 bits per heavy atom. The van der Waals surface area contributed by atoms with Gasteiger partial charge in [-0.05, 0) is 25.0 Å². The van der Waals surface area contributed by atoms with Gasteiger partial charge in [-0.15, -0.1) is 0 Å². The number of allylic oxidation sites excluding steroid dienone is 2. The summed E-state index contributed by atoms with van der Waals surface area (Å²) in [7, 11) is 0. The molecule has 5 rings (SSSR count). The van der Waals surface area contributed by atoms with Crippen LogP contribution in [-0.4, -0.2) is 29.2 Å². The maximum absolute atomic E-state index is 14.1. The lowest BCUT2D eigenvalue weighted by atomic mass is 9.79. The number of nitrogens with one attached hydrogen (secondary N) is 1. The first-order chi connectivity index (χ1) is 18.0. The smallest absolute Gasteiger partial charge is 0.338 e. The lowest BCUT2D eigenvalue weighted by Gasteiger charge is -2.44. The second-order valence-electron chi connectivity index (χ2n) is 9.09. The number of hydrogen-bond donors (Lipinski definition) is 1. The third-order valence-corrected chi connectivity index (χ3v) is 6.83. The summed E-state index contributed by atoms with van der Waals surface area (Å²) in [5, 5.41) is 3.28. The summed E-state index contributed by atoms with van der Waals surface area (Å²) in [4.78, 5) is 42.7. The average Bonchev–Trinajstić information content (AvgIpc) is 2.93. The van der Waals surface area contributed by atoms with Crippen molar-refractivity contribution < 1.29 is 19.1 Å². The standard InChI is InChI=1S/C31H28N2O4/c1-3-37-31(36)26-20(2)32-30-27(29(35)23-17-11-6-12-18-23)24(21-13-7-4-8-14-21)19-25(34)33(30)28(26)22-15-9-5-10-16-22/h4-18,24,28,32H,3,19H2,1-2H3. The van der Waals surface area contributed by atoms with Crippen molar-refractivity contribution >= 4 is 17.7 Å². The first-order valence-electron chi connectivity index (χ1n) is 12.4. The fraction of sp³-hybridized carbons (Fsp3) is 0.194. The van der Waals surface area contributed by atoms with Crippen molar-refractivity contribution in [2.24, 2.45) is 0 Å². The number of rotatable bonds is 6. The Bertz CT molecular complexity index is 1390. The third kappa shape index (κ3) is 4.47. The van der Waals surface area contributed by atoms with E-state index in [2.05, 4.69) is 5.32 Å². The molecule has 1 amide bonds. The minimum Gasteiger partial charge on any atom is -0.463 e. The molecule has 0 spiro atoms. The molecule has 2 unspecified atom stereocenters. The number of hydrogen-bond acceptors (Lipinski definition) is 5. The van der Waals surface area contributed by atoms with E-state index in [1.165, 1.54) is 0 Å². The summed E-state index contributed by atoms with van der Waals surface area (Å²) in [5.41, 5.74) is 3.60. The van der Waals surface area contributed by atoms with Crippen LogP contribution in [0.3, 0.4) is 0 Å². The Kier molecular flexibility index (Phi) is 6.73. The van der Waals surface area contributed by atoms with E-state index in [-0.39, 0.29) is 24.7 Å². The molecule has 0 radical (unpaired) electrons. The molecule has 0 saturated heterocycles. The molecular weight excluding hydrogens is 464 g/mol. The lowest BCUT2D eigenvalue weighted by Crippen LogP contribution is -2.50. The molecule has 1 N–H and O–H groups in total. The molecule has 0 aromatic heterocycles. The van der Waals surface area contributed by atoms with Crippen molar-refractivity contribution in [2.45, 2.75) is 32.2 Å². The number of carbonyl (C=O) groups is 3. The first kappa shape index (κ1) is 24.3. The van der Waals surface area contributed by atoms with Crippen LogP contribution in [0, 0.1) is 0 Å². The van der Waals surface area contributed by atoms with E-state index in [4.69, 9.17) is 4.74 Å². The highest BCUT2D eigenvalue weighted by Gasteiger charge is 2.46. The molecule has 3 aromatic rings. The van der Waals surface area contributed by atoms with Gasteiger partial charge in [0.15, 0.2) is 5.78 Å². The van der Waals surface area contributed by atoms with Crippen molar-refractivity contribution in [1.29, 1.82) is 0 Å². The zero-order valence-corrected chi connectivity index (χ0v) is 20.8. The monoisotopic (exact) mass is 492 g/mol. The molecule has 0 aliphatic carbocycles. The van der Waals surface area contributed by atoms with Gasteiger partial charge in [-0.25, -0.2) is 4.79 Å². The average molecular weight is 493 g/mol. The quantitative estimate of drug-likeness (QED) is 0.374. The lowest BCUT2D eigenvalue weighted by molar-refractivity contribution is -0.140. The zero-order chi connectivity index (χ0) is 25.9. The number of Topliss-reactive ketones (excluding diaryl/α,β-unsaturated/α-hetero) is 1. The number of ketones is 1. The molecule has 2 atom stereocenters. The number of benzene rings is 3. The molecule has 3 aromatic carbocycles. The fourth-order valence-corrected chi connectivity index (χ4v) is 5.18. The fourth-order valence-electron chi connectivity index (χ4n) is 5.18. The molecule has 6 heteroatoms. The number of carbonyl (C=O) groups excluding carboxylic acids is 3. The van der Waals surface area contributed by atoms with Gasteiger partial charge in [0.2, 0.25) is 5.91 Å². The van der Waals surface area contributed by atoms with Crippen LogP contribution in [-0.2, 0) is 14.3 Å². The predicted molar refractivity (Wildman–Crippen MR) is 140 cm³/mol. The Morgan fingerprint density at radius 2 is 1.43 bits per heavy atom. The van der Waals surface area contributed by atoms with Crippen molar-refractivity contribution in [2.75, 3.05) is 6.61 Å². The van der Waals surface area contributed by atoms with E-state index in [0.717, 1.165) is 11.1 Å². The summed E-state index contributed by atoms with van der Waals surface area (Å²) in [6.45, 7) is 3.75. The van der Waals surface area contributed by atoms with Gasteiger partial charge in [-0.1, -0.05) is 91.0 Å². The Morgan fingerprint density at radius 3 is 2.03 bits per heavy atom.